The van der Waals surface area contributed by atoms with Crippen LogP contribution in [0.5, 0.6) is 5.88 Å². The Balaban J connectivity index is 1.78. The van der Waals surface area contributed by atoms with Crippen LogP contribution in [-0.4, -0.2) is 30.6 Å². The summed E-state index contributed by atoms with van der Waals surface area (Å²) in [7, 11) is 1.61. The van der Waals surface area contributed by atoms with E-state index in [4.69, 9.17) is 16.3 Å². The summed E-state index contributed by atoms with van der Waals surface area (Å²) in [6, 6.07) is 9.92. The molecule has 2 heterocycles. The molecule has 138 valence electrons. The molecule has 1 amide bonds. The average molecular weight is 439 g/mol. The van der Waals surface area contributed by atoms with Crippen molar-refractivity contribution in [3.05, 3.63) is 45.4 Å². The molecule has 0 bridgehead atoms. The van der Waals surface area contributed by atoms with Gasteiger partial charge in [0, 0.05) is 40.6 Å². The van der Waals surface area contributed by atoms with Crippen LogP contribution in [-0.2, 0) is 4.79 Å². The van der Waals surface area contributed by atoms with Gasteiger partial charge in [0.2, 0.25) is 11.8 Å². The predicted octanol–water partition coefficient (Wildman–Crippen LogP) is 4.10. The van der Waals surface area contributed by atoms with Gasteiger partial charge in [-0.3, -0.25) is 4.79 Å². The molecule has 0 radical (unpaired) electrons. The van der Waals surface area contributed by atoms with Crippen LogP contribution in [0.3, 0.4) is 0 Å². The van der Waals surface area contributed by atoms with Crippen molar-refractivity contribution in [3.8, 4) is 17.1 Å². The van der Waals surface area contributed by atoms with Gasteiger partial charge in [-0.1, -0.05) is 23.7 Å². The van der Waals surface area contributed by atoms with E-state index in [9.17, 15) is 4.79 Å². The SMILES string of the molecule is COc1nc(-c2cccc(Br)c2Cl)ccc1C(C)NC[C@@H]1CCC(=O)N1. The first-order valence-corrected chi connectivity index (χ1v) is 9.68. The van der Waals surface area contributed by atoms with Crippen molar-refractivity contribution in [2.75, 3.05) is 13.7 Å². The minimum absolute atomic E-state index is 0.0435. The fourth-order valence-electron chi connectivity index (χ4n) is 3.06. The van der Waals surface area contributed by atoms with Crippen molar-refractivity contribution < 1.29 is 9.53 Å². The number of hydrogen-bond acceptors (Lipinski definition) is 4. The van der Waals surface area contributed by atoms with Gasteiger partial charge in [-0.25, -0.2) is 4.98 Å². The number of nitrogens with one attached hydrogen (secondary N) is 2. The summed E-state index contributed by atoms with van der Waals surface area (Å²) in [6.45, 7) is 2.78. The zero-order valence-electron chi connectivity index (χ0n) is 14.7. The Morgan fingerprint density at radius 2 is 2.23 bits per heavy atom. The van der Waals surface area contributed by atoms with E-state index >= 15 is 0 Å². The number of ether oxygens (including phenoxy) is 1. The number of halogens is 2. The first-order chi connectivity index (χ1) is 12.5. The molecule has 1 unspecified atom stereocenters. The third-order valence-electron chi connectivity index (χ3n) is 4.53. The molecule has 1 aromatic carbocycles. The molecule has 2 aromatic rings. The van der Waals surface area contributed by atoms with E-state index < -0.39 is 0 Å². The van der Waals surface area contributed by atoms with Gasteiger partial charge in [0.25, 0.3) is 0 Å². The van der Waals surface area contributed by atoms with Crippen molar-refractivity contribution in [2.24, 2.45) is 0 Å². The number of hydrogen-bond donors (Lipinski definition) is 2. The zero-order valence-corrected chi connectivity index (χ0v) is 17.0. The van der Waals surface area contributed by atoms with Crippen molar-refractivity contribution >= 4 is 33.4 Å². The molecule has 1 aromatic heterocycles. The summed E-state index contributed by atoms with van der Waals surface area (Å²) in [4.78, 5) is 15.9. The number of pyridine rings is 1. The monoisotopic (exact) mass is 437 g/mol. The van der Waals surface area contributed by atoms with Crippen molar-refractivity contribution in [3.63, 3.8) is 0 Å². The third kappa shape index (κ3) is 4.19. The maximum Gasteiger partial charge on any atom is 0.220 e. The smallest absolute Gasteiger partial charge is 0.220 e. The van der Waals surface area contributed by atoms with Gasteiger partial charge in [-0.15, -0.1) is 0 Å². The Bertz CT molecular complexity index is 815. The Morgan fingerprint density at radius 1 is 1.42 bits per heavy atom. The second-order valence-electron chi connectivity index (χ2n) is 6.33. The number of rotatable bonds is 6. The van der Waals surface area contributed by atoms with E-state index in [1.54, 1.807) is 7.11 Å². The third-order valence-corrected chi connectivity index (χ3v) is 5.83. The standard InChI is InChI=1S/C19H21BrClN3O2/c1-11(22-10-12-6-9-17(25)23-12)13-7-8-16(24-19(13)26-2)14-4-3-5-15(20)18(14)21/h3-5,7-8,11-12,22H,6,9-10H2,1-2H3,(H,23,25)/t11?,12-/m0/s1. The molecule has 3 rings (SSSR count). The normalized spacial score (nSPS) is 17.8. The highest BCUT2D eigenvalue weighted by Crippen LogP contribution is 2.35. The van der Waals surface area contributed by atoms with Crippen molar-refractivity contribution in [1.82, 2.24) is 15.6 Å². The van der Waals surface area contributed by atoms with Crippen molar-refractivity contribution in [1.29, 1.82) is 0 Å². The number of carbonyl (C=O) groups is 1. The minimum atomic E-state index is 0.0435. The molecule has 0 spiro atoms. The molecule has 1 aliphatic rings. The highest BCUT2D eigenvalue weighted by Gasteiger charge is 2.22. The number of amides is 1. The van der Waals surface area contributed by atoms with Crippen LogP contribution in [0.4, 0.5) is 0 Å². The number of nitrogens with zero attached hydrogens (tertiary/aromatic N) is 1. The Labute approximate surface area is 166 Å². The Hall–Kier alpha value is -1.63. The summed E-state index contributed by atoms with van der Waals surface area (Å²) >= 11 is 9.83. The zero-order chi connectivity index (χ0) is 18.7. The first-order valence-electron chi connectivity index (χ1n) is 8.51. The van der Waals surface area contributed by atoms with Crippen LogP contribution in [0.2, 0.25) is 5.02 Å². The second-order valence-corrected chi connectivity index (χ2v) is 7.56. The summed E-state index contributed by atoms with van der Waals surface area (Å²) in [6.07, 6.45) is 1.47. The average Bonchev–Trinajstić information content (AvgIpc) is 3.06. The maximum absolute atomic E-state index is 11.3. The molecule has 2 N–H and O–H groups in total. The largest absolute Gasteiger partial charge is 0.481 e. The molecule has 0 aliphatic carbocycles. The summed E-state index contributed by atoms with van der Waals surface area (Å²) in [5, 5.41) is 7.03. The molecule has 5 nitrogen and oxygen atoms in total. The van der Waals surface area contributed by atoms with E-state index in [2.05, 4.69) is 38.5 Å². The van der Waals surface area contributed by atoms with Crippen LogP contribution in [0.1, 0.15) is 31.4 Å². The summed E-state index contributed by atoms with van der Waals surface area (Å²) < 4.78 is 6.34. The Morgan fingerprint density at radius 3 is 2.92 bits per heavy atom. The molecule has 0 saturated carbocycles. The van der Waals surface area contributed by atoms with Gasteiger partial charge in [-0.05, 0) is 47.5 Å². The molecular formula is C19H21BrClN3O2. The predicted molar refractivity (Wildman–Crippen MR) is 107 cm³/mol. The molecule has 1 aliphatic heterocycles. The molecule has 7 heteroatoms. The highest BCUT2D eigenvalue weighted by atomic mass is 79.9. The lowest BCUT2D eigenvalue weighted by Crippen LogP contribution is -2.36. The molecule has 26 heavy (non-hydrogen) atoms. The van der Waals surface area contributed by atoms with E-state index in [0.29, 0.717) is 17.3 Å². The number of aromatic nitrogens is 1. The van der Waals surface area contributed by atoms with Gasteiger partial charge < -0.3 is 15.4 Å². The highest BCUT2D eigenvalue weighted by molar-refractivity contribution is 9.10. The van der Waals surface area contributed by atoms with Gasteiger partial charge in [-0.2, -0.15) is 0 Å². The second kappa shape index (κ2) is 8.37. The fraction of sp³-hybridized carbons (Fsp3) is 0.368. The van der Waals surface area contributed by atoms with Gasteiger partial charge in [0.15, 0.2) is 0 Å². The number of methoxy groups -OCH3 is 1. The maximum atomic E-state index is 11.3. The molecular weight excluding hydrogens is 418 g/mol. The summed E-state index contributed by atoms with van der Waals surface area (Å²) in [5.41, 5.74) is 2.57. The van der Waals surface area contributed by atoms with Gasteiger partial charge in [0.1, 0.15) is 0 Å². The van der Waals surface area contributed by atoms with Crippen LogP contribution < -0.4 is 15.4 Å². The van der Waals surface area contributed by atoms with E-state index in [0.717, 1.165) is 34.3 Å². The van der Waals surface area contributed by atoms with E-state index in [1.807, 2.05) is 30.3 Å². The first kappa shape index (κ1) is 19.1. The molecule has 1 saturated heterocycles. The van der Waals surface area contributed by atoms with Crippen LogP contribution in [0.25, 0.3) is 11.3 Å². The lowest BCUT2D eigenvalue weighted by Gasteiger charge is -2.20. The molecule has 2 atom stereocenters. The molecule has 1 fully saturated rings. The summed E-state index contributed by atoms with van der Waals surface area (Å²) in [5.74, 6) is 0.688. The van der Waals surface area contributed by atoms with Gasteiger partial charge in [0.05, 0.1) is 17.8 Å². The lowest BCUT2D eigenvalue weighted by molar-refractivity contribution is -0.119. The number of carbonyl (C=O) groups excluding carboxylic acids is 1. The van der Waals surface area contributed by atoms with Crippen molar-refractivity contribution in [2.45, 2.75) is 31.8 Å². The van der Waals surface area contributed by atoms with E-state index in [1.165, 1.54) is 0 Å². The number of benzene rings is 1. The minimum Gasteiger partial charge on any atom is -0.481 e. The van der Waals surface area contributed by atoms with Crippen LogP contribution in [0.15, 0.2) is 34.8 Å². The fourth-order valence-corrected chi connectivity index (χ4v) is 3.64. The Kier molecular flexibility index (Phi) is 6.16. The lowest BCUT2D eigenvalue weighted by atomic mass is 10.1. The van der Waals surface area contributed by atoms with Crippen LogP contribution >= 0.6 is 27.5 Å². The van der Waals surface area contributed by atoms with Crippen LogP contribution in [0, 0.1) is 0 Å². The quantitative estimate of drug-likeness (QED) is 0.713. The topological polar surface area (TPSA) is 63.2 Å². The van der Waals surface area contributed by atoms with E-state index in [-0.39, 0.29) is 18.0 Å². The van der Waals surface area contributed by atoms with Gasteiger partial charge >= 0.3 is 0 Å².